The van der Waals surface area contributed by atoms with Crippen molar-refractivity contribution in [3.05, 3.63) is 112 Å². The lowest BCUT2D eigenvalue weighted by Crippen LogP contribution is -1.96. The van der Waals surface area contributed by atoms with Gasteiger partial charge in [-0.15, -0.1) is 0 Å². The second-order valence-electron chi connectivity index (χ2n) is 7.40. The molecule has 4 aromatic rings. The molecular formula is C27H20F3N. The number of hydrogen-bond acceptors (Lipinski definition) is 1. The molecule has 0 aliphatic heterocycles. The van der Waals surface area contributed by atoms with Crippen LogP contribution in [-0.2, 0) is 19.3 Å². The zero-order valence-electron chi connectivity index (χ0n) is 17.1. The lowest BCUT2D eigenvalue weighted by molar-refractivity contribution is 0.511. The Balaban J connectivity index is 1.48. The molecule has 0 N–H and O–H groups in total. The van der Waals surface area contributed by atoms with Crippen molar-refractivity contribution >= 4 is 10.8 Å². The van der Waals surface area contributed by atoms with Gasteiger partial charge in [0, 0.05) is 17.5 Å². The molecule has 0 spiro atoms. The quantitative estimate of drug-likeness (QED) is 0.352. The van der Waals surface area contributed by atoms with E-state index >= 15 is 0 Å². The zero-order chi connectivity index (χ0) is 21.8. The number of nitrogens with zero attached hydrogens (tertiary/aromatic N) is 1. The summed E-state index contributed by atoms with van der Waals surface area (Å²) in [6, 6.07) is 16.4. The summed E-state index contributed by atoms with van der Waals surface area (Å²) in [5, 5.41) is 1.13. The first-order chi connectivity index (χ1) is 15.0. The van der Waals surface area contributed by atoms with Crippen molar-refractivity contribution in [2.75, 3.05) is 0 Å². The van der Waals surface area contributed by atoms with Gasteiger partial charge in [0.15, 0.2) is 11.6 Å². The molecule has 0 saturated carbocycles. The maximum Gasteiger partial charge on any atom is 0.159 e. The van der Waals surface area contributed by atoms with Crippen molar-refractivity contribution < 1.29 is 13.2 Å². The van der Waals surface area contributed by atoms with Crippen LogP contribution in [0.4, 0.5) is 13.2 Å². The Bertz CT molecular complexity index is 1300. The van der Waals surface area contributed by atoms with Crippen molar-refractivity contribution in [2.45, 2.75) is 26.2 Å². The molecular weight excluding hydrogens is 395 g/mol. The number of halogens is 3. The number of fused-ring (bicyclic) bond motifs is 1. The van der Waals surface area contributed by atoms with Gasteiger partial charge in [0.2, 0.25) is 0 Å². The van der Waals surface area contributed by atoms with Crippen LogP contribution in [0, 0.1) is 29.3 Å². The highest BCUT2D eigenvalue weighted by molar-refractivity contribution is 5.84. The average molecular weight is 415 g/mol. The Morgan fingerprint density at radius 2 is 1.48 bits per heavy atom. The molecule has 0 saturated heterocycles. The number of aryl methyl sites for hydroxylation is 3. The van der Waals surface area contributed by atoms with Crippen LogP contribution in [0.5, 0.6) is 0 Å². The highest BCUT2D eigenvalue weighted by atomic mass is 19.2. The summed E-state index contributed by atoms with van der Waals surface area (Å²) in [6.07, 6.45) is 4.26. The molecule has 3 aromatic carbocycles. The Morgan fingerprint density at radius 3 is 2.19 bits per heavy atom. The Morgan fingerprint density at radius 1 is 0.710 bits per heavy atom. The van der Waals surface area contributed by atoms with Crippen LogP contribution in [0.15, 0.2) is 66.9 Å². The minimum atomic E-state index is -0.907. The molecule has 1 nitrogen and oxygen atoms in total. The normalized spacial score (nSPS) is 10.7. The van der Waals surface area contributed by atoms with Gasteiger partial charge < -0.3 is 0 Å². The van der Waals surface area contributed by atoms with Gasteiger partial charge >= 0.3 is 0 Å². The number of aromatic nitrogens is 1. The van der Waals surface area contributed by atoms with E-state index in [1.807, 2.05) is 18.3 Å². The van der Waals surface area contributed by atoms with Gasteiger partial charge in [-0.25, -0.2) is 13.2 Å². The van der Waals surface area contributed by atoms with Gasteiger partial charge in [-0.3, -0.25) is 4.98 Å². The molecule has 0 aliphatic carbocycles. The molecule has 0 atom stereocenters. The van der Waals surface area contributed by atoms with E-state index in [1.165, 1.54) is 11.6 Å². The second-order valence-corrected chi connectivity index (χ2v) is 7.40. The first kappa shape index (κ1) is 20.7. The summed E-state index contributed by atoms with van der Waals surface area (Å²) >= 11 is 0. The Hall–Kier alpha value is -3.58. The van der Waals surface area contributed by atoms with E-state index in [9.17, 15) is 13.2 Å². The second kappa shape index (κ2) is 9.06. The van der Waals surface area contributed by atoms with Crippen molar-refractivity contribution in [3.8, 4) is 11.8 Å². The van der Waals surface area contributed by atoms with Crippen LogP contribution in [-0.4, -0.2) is 4.98 Å². The van der Waals surface area contributed by atoms with Crippen molar-refractivity contribution in [1.29, 1.82) is 0 Å². The van der Waals surface area contributed by atoms with E-state index in [1.54, 1.807) is 24.3 Å². The fourth-order valence-corrected chi connectivity index (χ4v) is 3.36. The molecule has 1 aromatic heterocycles. The van der Waals surface area contributed by atoms with Crippen molar-refractivity contribution in [3.63, 3.8) is 0 Å². The lowest BCUT2D eigenvalue weighted by Gasteiger charge is -2.04. The maximum atomic E-state index is 14.5. The number of benzene rings is 3. The predicted octanol–water partition coefficient (Wildman–Crippen LogP) is 6.40. The first-order valence-electron chi connectivity index (χ1n) is 10.1. The smallest absolute Gasteiger partial charge is 0.159 e. The Labute approximate surface area is 179 Å². The summed E-state index contributed by atoms with van der Waals surface area (Å²) in [5.74, 6) is 3.55. The van der Waals surface area contributed by atoms with Gasteiger partial charge in [-0.2, -0.15) is 0 Å². The minimum Gasteiger partial charge on any atom is -0.261 e. The highest BCUT2D eigenvalue weighted by Crippen LogP contribution is 2.20. The molecule has 31 heavy (non-hydrogen) atoms. The van der Waals surface area contributed by atoms with E-state index in [0.29, 0.717) is 28.3 Å². The van der Waals surface area contributed by atoms with E-state index in [-0.39, 0.29) is 5.82 Å². The van der Waals surface area contributed by atoms with Gasteiger partial charge in [0.25, 0.3) is 0 Å². The van der Waals surface area contributed by atoms with Crippen LogP contribution in [0.2, 0.25) is 0 Å². The largest absolute Gasteiger partial charge is 0.261 e. The van der Waals surface area contributed by atoms with Crippen LogP contribution in [0.25, 0.3) is 10.8 Å². The van der Waals surface area contributed by atoms with Gasteiger partial charge in [-0.1, -0.05) is 37.0 Å². The summed E-state index contributed by atoms with van der Waals surface area (Å²) in [7, 11) is 0. The summed E-state index contributed by atoms with van der Waals surface area (Å²) < 4.78 is 41.3. The molecule has 0 aliphatic rings. The molecule has 0 fully saturated rings. The van der Waals surface area contributed by atoms with Crippen molar-refractivity contribution in [1.82, 2.24) is 4.98 Å². The zero-order valence-corrected chi connectivity index (χ0v) is 17.1. The molecule has 154 valence electrons. The highest BCUT2D eigenvalue weighted by Gasteiger charge is 2.05. The van der Waals surface area contributed by atoms with Crippen LogP contribution in [0.3, 0.4) is 0 Å². The van der Waals surface area contributed by atoms with Gasteiger partial charge in [-0.05, 0) is 83.6 Å². The third-order valence-electron chi connectivity index (χ3n) is 5.22. The molecule has 4 heteroatoms. The maximum absolute atomic E-state index is 14.5. The molecule has 0 unspecified atom stereocenters. The topological polar surface area (TPSA) is 12.9 Å². The van der Waals surface area contributed by atoms with Crippen LogP contribution < -0.4 is 0 Å². The van der Waals surface area contributed by atoms with E-state index < -0.39 is 11.6 Å². The molecule has 0 amide bonds. The standard InChI is InChI=1S/C27H20F3N/c1-2-18-6-11-24(31-17-18)12-7-20-4-9-21(25(28)14-20)8-3-19-5-10-22-15-26(29)27(30)16-23(22)13-19/h4-6,9-11,13-17H,2,7,12H2,1H3. The summed E-state index contributed by atoms with van der Waals surface area (Å²) in [4.78, 5) is 4.44. The van der Waals surface area contributed by atoms with E-state index in [2.05, 4.69) is 29.8 Å². The Kier molecular flexibility index (Phi) is 6.04. The number of rotatable bonds is 4. The van der Waals surface area contributed by atoms with Gasteiger partial charge in [0.05, 0.1) is 5.56 Å². The molecule has 4 rings (SSSR count). The predicted molar refractivity (Wildman–Crippen MR) is 117 cm³/mol. The SMILES string of the molecule is CCc1ccc(CCc2ccc(C#Cc3ccc4cc(F)c(F)cc4c3)c(F)c2)nc1. The van der Waals surface area contributed by atoms with E-state index in [4.69, 9.17) is 0 Å². The van der Waals surface area contributed by atoms with Crippen molar-refractivity contribution in [2.24, 2.45) is 0 Å². The van der Waals surface area contributed by atoms with E-state index in [0.717, 1.165) is 36.2 Å². The third kappa shape index (κ3) is 4.95. The molecule has 1 heterocycles. The van der Waals surface area contributed by atoms with Gasteiger partial charge in [0.1, 0.15) is 5.82 Å². The van der Waals surface area contributed by atoms with Crippen LogP contribution in [0.1, 0.15) is 34.9 Å². The fraction of sp³-hybridized carbons (Fsp3) is 0.148. The number of pyridine rings is 1. The lowest BCUT2D eigenvalue weighted by atomic mass is 10.0. The minimum absolute atomic E-state index is 0.291. The summed E-state index contributed by atoms with van der Waals surface area (Å²) in [6.45, 7) is 2.09. The monoisotopic (exact) mass is 415 g/mol. The number of hydrogen-bond donors (Lipinski definition) is 0. The molecule has 0 radical (unpaired) electrons. The van der Waals surface area contributed by atoms with Crippen LogP contribution >= 0.6 is 0 Å². The molecule has 0 bridgehead atoms. The third-order valence-corrected chi connectivity index (χ3v) is 5.22. The fourth-order valence-electron chi connectivity index (χ4n) is 3.36. The first-order valence-corrected chi connectivity index (χ1v) is 10.1. The summed E-state index contributed by atoms with van der Waals surface area (Å²) in [5.41, 5.74) is 3.95. The average Bonchev–Trinajstić information content (AvgIpc) is 2.78.